The minimum absolute atomic E-state index is 0.00204. The number of rotatable bonds is 2. The van der Waals surface area contributed by atoms with Gasteiger partial charge in [0, 0.05) is 35.3 Å². The highest BCUT2D eigenvalue weighted by atomic mass is 16.5. The van der Waals surface area contributed by atoms with Gasteiger partial charge in [0.05, 0.1) is 6.10 Å². The first-order valence-electron chi connectivity index (χ1n) is 6.72. The fourth-order valence-corrected chi connectivity index (χ4v) is 2.59. The van der Waals surface area contributed by atoms with Crippen molar-refractivity contribution in [1.29, 1.82) is 0 Å². The van der Waals surface area contributed by atoms with Gasteiger partial charge in [0.1, 0.15) is 0 Å². The molecule has 2 atom stereocenters. The van der Waals surface area contributed by atoms with Crippen molar-refractivity contribution in [1.82, 2.24) is 10.3 Å². The molecule has 100 valence electrons. The smallest absolute Gasteiger partial charge is 0.251 e. The first kappa shape index (κ1) is 12.2. The van der Waals surface area contributed by atoms with E-state index in [4.69, 9.17) is 4.74 Å². The summed E-state index contributed by atoms with van der Waals surface area (Å²) in [4.78, 5) is 15.3. The summed E-state index contributed by atoms with van der Waals surface area (Å²) in [6.07, 6.45) is 3.89. The Hall–Kier alpha value is -1.81. The Morgan fingerprint density at radius 2 is 2.32 bits per heavy atom. The second-order valence-electron chi connectivity index (χ2n) is 5.16. The van der Waals surface area contributed by atoms with E-state index in [1.807, 2.05) is 37.4 Å². The molecule has 1 aliphatic rings. The van der Waals surface area contributed by atoms with Gasteiger partial charge in [0.25, 0.3) is 5.91 Å². The Morgan fingerprint density at radius 3 is 3.16 bits per heavy atom. The minimum Gasteiger partial charge on any atom is -0.378 e. The molecule has 2 heterocycles. The number of H-pyrrole nitrogens is 1. The molecule has 2 aromatic rings. The monoisotopic (exact) mass is 258 g/mol. The molecule has 4 nitrogen and oxygen atoms in total. The van der Waals surface area contributed by atoms with Crippen LogP contribution in [0.4, 0.5) is 0 Å². The van der Waals surface area contributed by atoms with Crippen LogP contribution in [0, 0.1) is 0 Å². The van der Waals surface area contributed by atoms with Crippen LogP contribution in [0.3, 0.4) is 0 Å². The lowest BCUT2D eigenvalue weighted by Gasteiger charge is -2.27. The van der Waals surface area contributed by atoms with E-state index in [0.29, 0.717) is 5.56 Å². The van der Waals surface area contributed by atoms with Crippen LogP contribution < -0.4 is 5.32 Å². The standard InChI is InChI=1S/C15H18N2O2/c1-10-8-13(5-7-19-10)17-15(18)12-2-3-14-11(9-12)4-6-16-14/h2-4,6,9-10,13,16H,5,7-8H2,1H3,(H,17,18). The maximum atomic E-state index is 12.2. The number of benzene rings is 1. The summed E-state index contributed by atoms with van der Waals surface area (Å²) < 4.78 is 5.49. The lowest BCUT2D eigenvalue weighted by atomic mass is 10.0. The van der Waals surface area contributed by atoms with Crippen molar-refractivity contribution < 1.29 is 9.53 Å². The summed E-state index contributed by atoms with van der Waals surface area (Å²) in [5, 5.41) is 4.16. The normalized spacial score (nSPS) is 23.4. The highest BCUT2D eigenvalue weighted by Crippen LogP contribution is 2.16. The lowest BCUT2D eigenvalue weighted by Crippen LogP contribution is -2.41. The number of ether oxygens (including phenoxy) is 1. The maximum Gasteiger partial charge on any atom is 0.251 e. The highest BCUT2D eigenvalue weighted by Gasteiger charge is 2.21. The zero-order valence-electron chi connectivity index (χ0n) is 11.0. The largest absolute Gasteiger partial charge is 0.378 e. The molecular weight excluding hydrogens is 240 g/mol. The van der Waals surface area contributed by atoms with Gasteiger partial charge < -0.3 is 15.0 Å². The van der Waals surface area contributed by atoms with Gasteiger partial charge in [0.15, 0.2) is 0 Å². The predicted octanol–water partition coefficient (Wildman–Crippen LogP) is 2.47. The van der Waals surface area contributed by atoms with Crippen molar-refractivity contribution in [2.24, 2.45) is 0 Å². The summed E-state index contributed by atoms with van der Waals surface area (Å²) >= 11 is 0. The molecule has 2 N–H and O–H groups in total. The number of aromatic amines is 1. The molecule has 1 aliphatic heterocycles. The fraction of sp³-hybridized carbons (Fsp3) is 0.400. The van der Waals surface area contributed by atoms with Crippen molar-refractivity contribution in [2.45, 2.75) is 31.9 Å². The van der Waals surface area contributed by atoms with E-state index in [-0.39, 0.29) is 18.1 Å². The lowest BCUT2D eigenvalue weighted by molar-refractivity contribution is 0.0136. The summed E-state index contributed by atoms with van der Waals surface area (Å²) in [7, 11) is 0. The van der Waals surface area contributed by atoms with Gasteiger partial charge in [0.2, 0.25) is 0 Å². The summed E-state index contributed by atoms with van der Waals surface area (Å²) in [6.45, 7) is 2.77. The molecule has 0 bridgehead atoms. The number of carbonyl (C=O) groups excluding carboxylic acids is 1. The van der Waals surface area contributed by atoms with E-state index < -0.39 is 0 Å². The average molecular weight is 258 g/mol. The van der Waals surface area contributed by atoms with Gasteiger partial charge in [-0.15, -0.1) is 0 Å². The Morgan fingerprint density at radius 1 is 1.42 bits per heavy atom. The number of carbonyl (C=O) groups is 1. The van der Waals surface area contributed by atoms with Gasteiger partial charge in [-0.3, -0.25) is 4.79 Å². The van der Waals surface area contributed by atoms with E-state index >= 15 is 0 Å². The van der Waals surface area contributed by atoms with Crippen LogP contribution in [0.1, 0.15) is 30.1 Å². The Bertz CT molecular complexity index is 591. The molecule has 0 radical (unpaired) electrons. The molecule has 1 aromatic carbocycles. The first-order valence-corrected chi connectivity index (χ1v) is 6.72. The first-order chi connectivity index (χ1) is 9.22. The topological polar surface area (TPSA) is 54.1 Å². The van der Waals surface area contributed by atoms with Gasteiger partial charge in [-0.1, -0.05) is 0 Å². The van der Waals surface area contributed by atoms with E-state index in [1.165, 1.54) is 0 Å². The SMILES string of the molecule is CC1CC(NC(=O)c2ccc3[nH]ccc3c2)CCO1. The van der Waals surface area contributed by atoms with Gasteiger partial charge in [-0.2, -0.15) is 0 Å². The Balaban J connectivity index is 1.72. The number of nitrogens with one attached hydrogen (secondary N) is 2. The molecule has 1 saturated heterocycles. The van der Waals surface area contributed by atoms with E-state index in [9.17, 15) is 4.79 Å². The van der Waals surface area contributed by atoms with Crippen molar-refractivity contribution in [3.63, 3.8) is 0 Å². The van der Waals surface area contributed by atoms with Crippen LogP contribution in [0.2, 0.25) is 0 Å². The predicted molar refractivity (Wildman–Crippen MR) is 74.2 cm³/mol. The molecule has 0 spiro atoms. The molecule has 19 heavy (non-hydrogen) atoms. The van der Waals surface area contributed by atoms with Gasteiger partial charge in [-0.25, -0.2) is 0 Å². The molecular formula is C15H18N2O2. The number of fused-ring (bicyclic) bond motifs is 1. The summed E-state index contributed by atoms with van der Waals surface area (Å²) in [5.74, 6) is 0.00204. The minimum atomic E-state index is 0.00204. The number of amides is 1. The molecule has 0 saturated carbocycles. The van der Waals surface area contributed by atoms with Crippen LogP contribution in [-0.4, -0.2) is 29.6 Å². The fourth-order valence-electron chi connectivity index (χ4n) is 2.59. The zero-order valence-corrected chi connectivity index (χ0v) is 11.0. The van der Waals surface area contributed by atoms with Crippen LogP contribution in [0.5, 0.6) is 0 Å². The molecule has 0 aliphatic carbocycles. The van der Waals surface area contributed by atoms with E-state index in [1.54, 1.807) is 0 Å². The van der Waals surface area contributed by atoms with Crippen molar-refractivity contribution in [3.05, 3.63) is 36.0 Å². The Labute approximate surface area is 112 Å². The summed E-state index contributed by atoms with van der Waals surface area (Å²) in [5.41, 5.74) is 1.77. The van der Waals surface area contributed by atoms with Crippen LogP contribution in [-0.2, 0) is 4.74 Å². The molecule has 2 unspecified atom stereocenters. The van der Waals surface area contributed by atoms with E-state index in [2.05, 4.69) is 10.3 Å². The van der Waals surface area contributed by atoms with E-state index in [0.717, 1.165) is 30.4 Å². The molecule has 1 amide bonds. The average Bonchev–Trinajstić information content (AvgIpc) is 2.85. The van der Waals surface area contributed by atoms with Crippen molar-refractivity contribution in [3.8, 4) is 0 Å². The number of hydrogen-bond donors (Lipinski definition) is 2. The summed E-state index contributed by atoms with van der Waals surface area (Å²) in [6, 6.07) is 7.92. The Kier molecular flexibility index (Phi) is 3.25. The third-order valence-corrected chi connectivity index (χ3v) is 3.64. The van der Waals surface area contributed by atoms with Crippen molar-refractivity contribution >= 4 is 16.8 Å². The van der Waals surface area contributed by atoms with Crippen LogP contribution in [0.15, 0.2) is 30.5 Å². The van der Waals surface area contributed by atoms with Gasteiger partial charge in [-0.05, 0) is 44.0 Å². The van der Waals surface area contributed by atoms with Crippen molar-refractivity contribution in [2.75, 3.05) is 6.61 Å². The molecule has 1 aromatic heterocycles. The zero-order chi connectivity index (χ0) is 13.2. The molecule has 4 heteroatoms. The highest BCUT2D eigenvalue weighted by molar-refractivity contribution is 5.98. The molecule has 1 fully saturated rings. The number of hydrogen-bond acceptors (Lipinski definition) is 2. The quantitative estimate of drug-likeness (QED) is 0.869. The van der Waals surface area contributed by atoms with Crippen LogP contribution >= 0.6 is 0 Å². The third kappa shape index (κ3) is 2.63. The second-order valence-corrected chi connectivity index (χ2v) is 5.16. The number of aromatic nitrogens is 1. The molecule has 3 rings (SSSR count). The second kappa shape index (κ2) is 5.05. The third-order valence-electron chi connectivity index (χ3n) is 3.64. The van der Waals surface area contributed by atoms with Gasteiger partial charge >= 0.3 is 0 Å². The van der Waals surface area contributed by atoms with Crippen LogP contribution in [0.25, 0.3) is 10.9 Å². The maximum absolute atomic E-state index is 12.2.